The Morgan fingerprint density at radius 2 is 1.50 bits per heavy atom. The topological polar surface area (TPSA) is 75.7 Å². The molecule has 0 spiro atoms. The minimum atomic E-state index is -3.98. The first-order chi connectivity index (χ1) is 15.1. The number of carbonyl (C=O) groups is 1. The lowest BCUT2D eigenvalue weighted by molar-refractivity contribution is 0.0920. The number of anilines is 1. The van der Waals surface area contributed by atoms with Crippen LogP contribution in [0.5, 0.6) is 5.75 Å². The van der Waals surface area contributed by atoms with Gasteiger partial charge in [-0.25, -0.2) is 8.42 Å². The molecule has 0 heterocycles. The largest absolute Gasteiger partial charge is 0.497 e. The molecule has 3 aromatic rings. The molecule has 0 saturated heterocycles. The van der Waals surface area contributed by atoms with Crippen LogP contribution in [0.15, 0.2) is 83.8 Å². The summed E-state index contributed by atoms with van der Waals surface area (Å²) in [5.74, 6) is 0.222. The molecule has 32 heavy (non-hydrogen) atoms. The molecule has 0 aliphatic rings. The van der Waals surface area contributed by atoms with Crippen molar-refractivity contribution in [3.8, 4) is 5.75 Å². The summed E-state index contributed by atoms with van der Waals surface area (Å²) in [4.78, 5) is 13.1. The number of methoxy groups -OCH3 is 1. The molecule has 0 fully saturated rings. The number of hydrogen-bond donors (Lipinski definition) is 1. The van der Waals surface area contributed by atoms with Crippen molar-refractivity contribution < 1.29 is 17.9 Å². The van der Waals surface area contributed by atoms with E-state index in [1.165, 1.54) is 23.5 Å². The fourth-order valence-electron chi connectivity index (χ4n) is 3.21. The number of hydrogen-bond acceptors (Lipinski definition) is 4. The predicted octanol–water partition coefficient (Wildman–Crippen LogP) is 4.62. The van der Waals surface area contributed by atoms with Gasteiger partial charge < -0.3 is 10.1 Å². The van der Waals surface area contributed by atoms with Crippen LogP contribution >= 0.6 is 0 Å². The lowest BCUT2D eigenvalue weighted by atomic mass is 10.1. The maximum atomic E-state index is 13.8. The summed E-state index contributed by atoms with van der Waals surface area (Å²) in [5, 5.41) is 2.92. The van der Waals surface area contributed by atoms with Crippen molar-refractivity contribution in [3.05, 3.63) is 90.0 Å². The number of nitrogens with zero attached hydrogens (tertiary/aromatic N) is 1. The van der Waals surface area contributed by atoms with Gasteiger partial charge in [-0.2, -0.15) is 0 Å². The quantitative estimate of drug-likeness (QED) is 0.568. The number of amides is 1. The van der Waals surface area contributed by atoms with E-state index in [2.05, 4.69) is 5.32 Å². The van der Waals surface area contributed by atoms with Gasteiger partial charge in [0.1, 0.15) is 5.75 Å². The van der Waals surface area contributed by atoms with Gasteiger partial charge in [-0.15, -0.1) is 0 Å². The molecule has 7 heteroatoms. The molecule has 0 saturated carbocycles. The zero-order chi connectivity index (χ0) is 23.4. The Labute approximate surface area is 189 Å². The van der Waals surface area contributed by atoms with Crippen LogP contribution in [0.3, 0.4) is 0 Å². The normalized spacial score (nSPS) is 11.6. The monoisotopic (exact) mass is 452 g/mol. The van der Waals surface area contributed by atoms with Crippen LogP contribution in [0, 0.1) is 0 Å². The third-order valence-corrected chi connectivity index (χ3v) is 6.50. The van der Waals surface area contributed by atoms with Gasteiger partial charge >= 0.3 is 0 Å². The second-order valence-electron chi connectivity index (χ2n) is 8.39. The van der Waals surface area contributed by atoms with Crippen LogP contribution in [-0.4, -0.2) is 27.0 Å². The summed E-state index contributed by atoms with van der Waals surface area (Å²) in [5.41, 5.74) is 0.934. The molecule has 0 aromatic heterocycles. The van der Waals surface area contributed by atoms with Crippen molar-refractivity contribution in [1.29, 1.82) is 0 Å². The number of sulfonamides is 1. The van der Waals surface area contributed by atoms with Crippen LogP contribution in [0.2, 0.25) is 0 Å². The molecule has 0 aliphatic heterocycles. The number of rotatable bonds is 7. The molecular formula is C25H28N2O4S. The number of para-hydroxylation sites is 1. The lowest BCUT2D eigenvalue weighted by Crippen LogP contribution is -2.41. The van der Waals surface area contributed by atoms with Crippen molar-refractivity contribution >= 4 is 21.6 Å². The van der Waals surface area contributed by atoms with Crippen molar-refractivity contribution in [3.63, 3.8) is 0 Å². The molecule has 3 aromatic carbocycles. The Kier molecular flexibility index (Phi) is 6.89. The molecule has 0 aliphatic carbocycles. The van der Waals surface area contributed by atoms with Gasteiger partial charge in [0.25, 0.3) is 15.9 Å². The van der Waals surface area contributed by atoms with Crippen molar-refractivity contribution in [2.24, 2.45) is 0 Å². The summed E-state index contributed by atoms with van der Waals surface area (Å²) in [6.07, 6.45) is 0. The third-order valence-electron chi connectivity index (χ3n) is 4.72. The van der Waals surface area contributed by atoms with Crippen molar-refractivity contribution in [2.45, 2.75) is 37.8 Å². The first-order valence-corrected chi connectivity index (χ1v) is 11.7. The minimum absolute atomic E-state index is 0.0784. The molecule has 3 rings (SSSR count). The average molecular weight is 453 g/mol. The van der Waals surface area contributed by atoms with Gasteiger partial charge in [-0.3, -0.25) is 9.10 Å². The Morgan fingerprint density at radius 1 is 0.906 bits per heavy atom. The van der Waals surface area contributed by atoms with Crippen LogP contribution in [-0.2, 0) is 16.6 Å². The van der Waals surface area contributed by atoms with E-state index < -0.39 is 15.6 Å². The number of ether oxygens (including phenoxy) is 1. The Bertz CT molecular complexity index is 1170. The Morgan fingerprint density at radius 3 is 2.09 bits per heavy atom. The van der Waals surface area contributed by atoms with Crippen LogP contribution < -0.4 is 14.4 Å². The fourth-order valence-corrected chi connectivity index (χ4v) is 4.69. The second kappa shape index (κ2) is 9.44. The number of carbonyl (C=O) groups excluding carboxylic acids is 1. The summed E-state index contributed by atoms with van der Waals surface area (Å²) in [6.45, 7) is 5.71. The van der Waals surface area contributed by atoms with E-state index in [-0.39, 0.29) is 22.9 Å². The molecule has 0 atom stereocenters. The van der Waals surface area contributed by atoms with Crippen LogP contribution in [0.1, 0.15) is 36.7 Å². The van der Waals surface area contributed by atoms with Crippen LogP contribution in [0.25, 0.3) is 0 Å². The molecule has 1 N–H and O–H groups in total. The summed E-state index contributed by atoms with van der Waals surface area (Å²) >= 11 is 0. The minimum Gasteiger partial charge on any atom is -0.497 e. The van der Waals surface area contributed by atoms with Crippen molar-refractivity contribution in [1.82, 2.24) is 5.32 Å². The standard InChI is InChI=1S/C25H28N2O4S/c1-25(2,3)26-24(28)22-12-8-9-13-23(22)27(18-19-10-6-5-7-11-19)32(29,30)21-16-14-20(31-4)15-17-21/h5-17H,18H2,1-4H3,(H,26,28). The molecule has 6 nitrogen and oxygen atoms in total. The van der Waals surface area contributed by atoms with Gasteiger partial charge in [0.15, 0.2) is 0 Å². The highest BCUT2D eigenvalue weighted by molar-refractivity contribution is 7.92. The van der Waals surface area contributed by atoms with Gasteiger partial charge in [0.05, 0.1) is 29.8 Å². The van der Waals surface area contributed by atoms with E-state index in [1.54, 1.807) is 36.4 Å². The SMILES string of the molecule is COc1ccc(S(=O)(=O)N(Cc2ccccc2)c2ccccc2C(=O)NC(C)(C)C)cc1. The van der Waals surface area contributed by atoms with Gasteiger partial charge in [-0.1, -0.05) is 42.5 Å². The summed E-state index contributed by atoms with van der Waals surface area (Å²) in [6, 6.07) is 22.2. The molecule has 0 radical (unpaired) electrons. The second-order valence-corrected chi connectivity index (χ2v) is 10.3. The molecule has 168 valence electrons. The highest BCUT2D eigenvalue weighted by Gasteiger charge is 2.29. The summed E-state index contributed by atoms with van der Waals surface area (Å²) < 4.78 is 33.9. The third kappa shape index (κ3) is 5.48. The van der Waals surface area contributed by atoms with Gasteiger partial charge in [-0.05, 0) is 62.7 Å². The first-order valence-electron chi connectivity index (χ1n) is 10.2. The van der Waals surface area contributed by atoms with E-state index in [9.17, 15) is 13.2 Å². The number of benzene rings is 3. The maximum absolute atomic E-state index is 13.8. The van der Waals surface area contributed by atoms with E-state index in [0.717, 1.165) is 5.56 Å². The fraction of sp³-hybridized carbons (Fsp3) is 0.240. The zero-order valence-electron chi connectivity index (χ0n) is 18.7. The number of nitrogens with one attached hydrogen (secondary N) is 1. The lowest BCUT2D eigenvalue weighted by Gasteiger charge is -2.28. The van der Waals surface area contributed by atoms with Gasteiger partial charge in [0, 0.05) is 5.54 Å². The molecule has 0 unspecified atom stereocenters. The van der Waals surface area contributed by atoms with E-state index >= 15 is 0 Å². The van der Waals surface area contributed by atoms with Crippen LogP contribution in [0.4, 0.5) is 5.69 Å². The molecule has 0 bridgehead atoms. The Balaban J connectivity index is 2.13. The van der Waals surface area contributed by atoms with Gasteiger partial charge in [0.2, 0.25) is 0 Å². The highest BCUT2D eigenvalue weighted by Crippen LogP contribution is 2.30. The van der Waals surface area contributed by atoms with E-state index in [1.807, 2.05) is 51.1 Å². The highest BCUT2D eigenvalue weighted by atomic mass is 32.2. The Hall–Kier alpha value is -3.32. The predicted molar refractivity (Wildman–Crippen MR) is 126 cm³/mol. The first kappa shape index (κ1) is 23.3. The van der Waals surface area contributed by atoms with Crippen molar-refractivity contribution in [2.75, 3.05) is 11.4 Å². The maximum Gasteiger partial charge on any atom is 0.264 e. The molecule has 1 amide bonds. The van der Waals surface area contributed by atoms with E-state index in [0.29, 0.717) is 11.4 Å². The van der Waals surface area contributed by atoms with E-state index in [4.69, 9.17) is 4.74 Å². The molecular weight excluding hydrogens is 424 g/mol. The summed E-state index contributed by atoms with van der Waals surface area (Å²) in [7, 11) is -2.46. The zero-order valence-corrected chi connectivity index (χ0v) is 19.5. The average Bonchev–Trinajstić information content (AvgIpc) is 2.77. The smallest absolute Gasteiger partial charge is 0.264 e.